The number of rotatable bonds is 7. The lowest BCUT2D eigenvalue weighted by molar-refractivity contribution is -0.116. The summed E-state index contributed by atoms with van der Waals surface area (Å²) in [6.07, 6.45) is 2.12. The maximum Gasteiger partial charge on any atom is 0.232 e. The normalized spacial score (nSPS) is 11.2. The molecule has 0 aliphatic carbocycles. The number of benzene rings is 2. The van der Waals surface area contributed by atoms with Crippen molar-refractivity contribution < 1.29 is 13.2 Å². The van der Waals surface area contributed by atoms with Crippen LogP contribution in [0.2, 0.25) is 0 Å². The predicted octanol–water partition coefficient (Wildman–Crippen LogP) is 3.66. The number of sulfonamides is 1. The van der Waals surface area contributed by atoms with Crippen LogP contribution in [0.3, 0.4) is 0 Å². The number of hydrogen-bond acceptors (Lipinski definition) is 3. The van der Waals surface area contributed by atoms with Gasteiger partial charge in [0.1, 0.15) is 0 Å². The summed E-state index contributed by atoms with van der Waals surface area (Å²) in [6, 6.07) is 13.2. The summed E-state index contributed by atoms with van der Waals surface area (Å²) in [5.74, 6) is -0.212. The molecule has 0 aromatic heterocycles. The number of hydrogen-bond donors (Lipinski definition) is 1. The first kappa shape index (κ1) is 20.0. The van der Waals surface area contributed by atoms with Gasteiger partial charge in [-0.25, -0.2) is 8.42 Å². The Labute approximate surface area is 156 Å². The summed E-state index contributed by atoms with van der Waals surface area (Å²) in [4.78, 5) is 12.3. The number of carbonyl (C=O) groups excluding carboxylic acids is 1. The molecule has 0 heterocycles. The SMILES string of the molecule is CCc1ccc(N(CCC(=O)Nc2ccc(C)cc2C)S(C)(=O)=O)cc1. The lowest BCUT2D eigenvalue weighted by Crippen LogP contribution is -2.33. The van der Waals surface area contributed by atoms with Crippen LogP contribution in [0.5, 0.6) is 0 Å². The van der Waals surface area contributed by atoms with E-state index in [9.17, 15) is 13.2 Å². The van der Waals surface area contributed by atoms with Crippen LogP contribution in [0, 0.1) is 13.8 Å². The van der Waals surface area contributed by atoms with Crippen molar-refractivity contribution in [2.24, 2.45) is 0 Å². The average Bonchev–Trinajstić information content (AvgIpc) is 2.57. The molecule has 2 rings (SSSR count). The summed E-state index contributed by atoms with van der Waals surface area (Å²) in [5, 5.41) is 2.85. The van der Waals surface area contributed by atoms with E-state index in [1.54, 1.807) is 12.1 Å². The van der Waals surface area contributed by atoms with Gasteiger partial charge in [0.15, 0.2) is 0 Å². The fourth-order valence-electron chi connectivity index (χ4n) is 2.75. The number of nitrogens with zero attached hydrogens (tertiary/aromatic N) is 1. The van der Waals surface area contributed by atoms with Gasteiger partial charge < -0.3 is 5.32 Å². The fraction of sp³-hybridized carbons (Fsp3) is 0.350. The predicted molar refractivity (Wildman–Crippen MR) is 107 cm³/mol. The van der Waals surface area contributed by atoms with Gasteiger partial charge in [-0.05, 0) is 49.6 Å². The second-order valence-corrected chi connectivity index (χ2v) is 8.38. The van der Waals surface area contributed by atoms with Crippen molar-refractivity contribution in [2.75, 3.05) is 22.4 Å². The fourth-order valence-corrected chi connectivity index (χ4v) is 3.68. The van der Waals surface area contributed by atoms with Crippen molar-refractivity contribution in [2.45, 2.75) is 33.6 Å². The minimum absolute atomic E-state index is 0.0793. The average molecular weight is 375 g/mol. The second kappa shape index (κ2) is 8.36. The van der Waals surface area contributed by atoms with Crippen LogP contribution in [-0.2, 0) is 21.2 Å². The zero-order valence-corrected chi connectivity index (χ0v) is 16.6. The third-order valence-electron chi connectivity index (χ3n) is 4.23. The van der Waals surface area contributed by atoms with Gasteiger partial charge in [-0.15, -0.1) is 0 Å². The maximum absolute atomic E-state index is 12.3. The van der Waals surface area contributed by atoms with E-state index in [4.69, 9.17) is 0 Å². The highest BCUT2D eigenvalue weighted by atomic mass is 32.2. The molecule has 140 valence electrons. The highest BCUT2D eigenvalue weighted by molar-refractivity contribution is 7.92. The maximum atomic E-state index is 12.3. The lowest BCUT2D eigenvalue weighted by atomic mass is 10.1. The Hall–Kier alpha value is -2.34. The van der Waals surface area contributed by atoms with E-state index < -0.39 is 10.0 Å². The van der Waals surface area contributed by atoms with E-state index in [0.29, 0.717) is 5.69 Å². The molecule has 2 aromatic rings. The first-order valence-corrected chi connectivity index (χ1v) is 10.5. The van der Waals surface area contributed by atoms with Crippen LogP contribution >= 0.6 is 0 Å². The number of nitrogens with one attached hydrogen (secondary N) is 1. The molecule has 0 bridgehead atoms. The number of aryl methyl sites for hydroxylation is 3. The Morgan fingerprint density at radius 2 is 1.73 bits per heavy atom. The van der Waals surface area contributed by atoms with Gasteiger partial charge in [0, 0.05) is 18.7 Å². The molecule has 0 aliphatic heterocycles. The van der Waals surface area contributed by atoms with E-state index in [1.807, 2.05) is 51.1 Å². The molecule has 0 atom stereocenters. The molecular weight excluding hydrogens is 348 g/mol. The van der Waals surface area contributed by atoms with Crippen LogP contribution in [0.4, 0.5) is 11.4 Å². The van der Waals surface area contributed by atoms with Crippen molar-refractivity contribution in [1.29, 1.82) is 0 Å². The van der Waals surface area contributed by atoms with Crippen molar-refractivity contribution >= 4 is 27.3 Å². The van der Waals surface area contributed by atoms with Gasteiger partial charge in [-0.2, -0.15) is 0 Å². The summed E-state index contributed by atoms with van der Waals surface area (Å²) in [7, 11) is -3.47. The monoisotopic (exact) mass is 374 g/mol. The van der Waals surface area contributed by atoms with E-state index in [2.05, 4.69) is 5.32 Å². The third-order valence-corrected chi connectivity index (χ3v) is 5.42. The summed E-state index contributed by atoms with van der Waals surface area (Å²) < 4.78 is 25.6. The zero-order valence-electron chi connectivity index (χ0n) is 15.7. The molecule has 1 amide bonds. The molecule has 0 radical (unpaired) electrons. The first-order chi connectivity index (χ1) is 12.2. The van der Waals surface area contributed by atoms with Gasteiger partial charge in [0.25, 0.3) is 0 Å². The second-order valence-electron chi connectivity index (χ2n) is 6.47. The molecule has 26 heavy (non-hydrogen) atoms. The Morgan fingerprint density at radius 1 is 1.08 bits per heavy atom. The van der Waals surface area contributed by atoms with Crippen molar-refractivity contribution in [1.82, 2.24) is 0 Å². The van der Waals surface area contributed by atoms with Gasteiger partial charge >= 0.3 is 0 Å². The number of amides is 1. The molecule has 0 aliphatic rings. The highest BCUT2D eigenvalue weighted by Gasteiger charge is 2.18. The highest BCUT2D eigenvalue weighted by Crippen LogP contribution is 2.20. The third kappa shape index (κ3) is 5.33. The molecule has 5 nitrogen and oxygen atoms in total. The quantitative estimate of drug-likeness (QED) is 0.804. The van der Waals surface area contributed by atoms with Gasteiger partial charge in [-0.1, -0.05) is 36.8 Å². The molecule has 1 N–H and O–H groups in total. The number of carbonyl (C=O) groups is 1. The minimum atomic E-state index is -3.47. The van der Waals surface area contributed by atoms with E-state index in [1.165, 1.54) is 4.31 Å². The van der Waals surface area contributed by atoms with Crippen LogP contribution in [-0.4, -0.2) is 27.1 Å². The molecule has 0 saturated heterocycles. The standard InChI is InChI=1S/C20H26N2O3S/c1-5-17-7-9-18(10-8-17)22(26(4,24)25)13-12-20(23)21-19-11-6-15(2)14-16(19)3/h6-11,14H,5,12-13H2,1-4H3,(H,21,23). The molecule has 0 spiro atoms. The van der Waals surface area contributed by atoms with E-state index in [-0.39, 0.29) is 18.9 Å². The molecule has 6 heteroatoms. The molecule has 2 aromatic carbocycles. The van der Waals surface area contributed by atoms with Crippen LogP contribution in [0.25, 0.3) is 0 Å². The van der Waals surface area contributed by atoms with Crippen LogP contribution < -0.4 is 9.62 Å². The Kier molecular flexibility index (Phi) is 6.42. The molecular formula is C20H26N2O3S. The van der Waals surface area contributed by atoms with Gasteiger partial charge in [0.05, 0.1) is 11.9 Å². The first-order valence-electron chi connectivity index (χ1n) is 8.64. The van der Waals surface area contributed by atoms with Crippen molar-refractivity contribution in [3.05, 3.63) is 59.2 Å². The summed E-state index contributed by atoms with van der Waals surface area (Å²) in [5.41, 5.74) is 4.56. The molecule has 0 saturated carbocycles. The van der Waals surface area contributed by atoms with Crippen LogP contribution in [0.1, 0.15) is 30.0 Å². The van der Waals surface area contributed by atoms with E-state index >= 15 is 0 Å². The Balaban J connectivity index is 2.08. The summed E-state index contributed by atoms with van der Waals surface area (Å²) >= 11 is 0. The number of anilines is 2. The minimum Gasteiger partial charge on any atom is -0.326 e. The Bertz CT molecular complexity index is 874. The van der Waals surface area contributed by atoms with Crippen molar-refractivity contribution in [3.8, 4) is 0 Å². The lowest BCUT2D eigenvalue weighted by Gasteiger charge is -2.22. The largest absolute Gasteiger partial charge is 0.326 e. The van der Waals surface area contributed by atoms with Gasteiger partial charge in [-0.3, -0.25) is 9.10 Å². The van der Waals surface area contributed by atoms with Gasteiger partial charge in [0.2, 0.25) is 15.9 Å². The van der Waals surface area contributed by atoms with E-state index in [0.717, 1.165) is 35.1 Å². The smallest absolute Gasteiger partial charge is 0.232 e. The van der Waals surface area contributed by atoms with Crippen LogP contribution in [0.15, 0.2) is 42.5 Å². The topological polar surface area (TPSA) is 66.5 Å². The molecule has 0 fully saturated rings. The molecule has 0 unspecified atom stereocenters. The summed E-state index contributed by atoms with van der Waals surface area (Å²) in [6.45, 7) is 6.06. The zero-order chi connectivity index (χ0) is 19.3. The Morgan fingerprint density at radius 3 is 2.27 bits per heavy atom. The van der Waals surface area contributed by atoms with Crippen molar-refractivity contribution in [3.63, 3.8) is 0 Å².